The van der Waals surface area contributed by atoms with E-state index in [0.29, 0.717) is 6.42 Å². The van der Waals surface area contributed by atoms with E-state index in [0.717, 1.165) is 4.90 Å². The molecule has 2 rings (SSSR count). The molecule has 1 aliphatic heterocycles. The second kappa shape index (κ2) is 5.48. The average Bonchev–Trinajstić information content (AvgIpc) is 2.77. The zero-order valence-electron chi connectivity index (χ0n) is 11.9. The number of rotatable bonds is 3. The molecule has 1 N–H and O–H groups in total. The van der Waals surface area contributed by atoms with Crippen LogP contribution in [0, 0.1) is 0 Å². The van der Waals surface area contributed by atoms with Crippen LogP contribution in [0.1, 0.15) is 26.3 Å². The van der Waals surface area contributed by atoms with E-state index < -0.39 is 11.5 Å². The molecule has 1 aliphatic rings. The number of hydrogen-bond donors (Lipinski definition) is 1. The standard InChI is InChI=1S/C15H19NO3S/c1-15(2,3)16(9-13(17)18)14(19)12-8-10-6-4-5-7-11(10)20-12/h4-7,12H,8-9H2,1-3H3,(H,17,18). The van der Waals surface area contributed by atoms with Gasteiger partial charge in [-0.05, 0) is 38.8 Å². The molecule has 0 fully saturated rings. The van der Waals surface area contributed by atoms with E-state index in [1.807, 2.05) is 45.0 Å². The normalized spacial score (nSPS) is 17.6. The first-order chi connectivity index (χ1) is 9.29. The van der Waals surface area contributed by atoms with Gasteiger partial charge >= 0.3 is 5.97 Å². The summed E-state index contributed by atoms with van der Waals surface area (Å²) in [4.78, 5) is 26.2. The van der Waals surface area contributed by atoms with E-state index in [-0.39, 0.29) is 17.7 Å². The molecule has 5 heteroatoms. The van der Waals surface area contributed by atoms with Crippen LogP contribution in [0.3, 0.4) is 0 Å². The van der Waals surface area contributed by atoms with Gasteiger partial charge in [0.25, 0.3) is 0 Å². The highest BCUT2D eigenvalue weighted by Gasteiger charge is 2.36. The van der Waals surface area contributed by atoms with Crippen LogP contribution in [0.25, 0.3) is 0 Å². The predicted molar refractivity (Wildman–Crippen MR) is 78.9 cm³/mol. The molecular formula is C15H19NO3S. The van der Waals surface area contributed by atoms with Crippen molar-refractivity contribution in [3.8, 4) is 0 Å². The maximum absolute atomic E-state index is 12.6. The molecule has 1 aromatic rings. The van der Waals surface area contributed by atoms with Gasteiger partial charge in [0.1, 0.15) is 6.54 Å². The van der Waals surface area contributed by atoms with Gasteiger partial charge in [-0.1, -0.05) is 18.2 Å². The van der Waals surface area contributed by atoms with E-state index >= 15 is 0 Å². The predicted octanol–water partition coefficient (Wildman–Crippen LogP) is 2.42. The van der Waals surface area contributed by atoms with Crippen molar-refractivity contribution >= 4 is 23.6 Å². The third-order valence-electron chi connectivity index (χ3n) is 3.29. The fourth-order valence-corrected chi connectivity index (χ4v) is 3.53. The number of nitrogens with zero attached hydrogens (tertiary/aromatic N) is 1. The van der Waals surface area contributed by atoms with Gasteiger partial charge in [0, 0.05) is 10.4 Å². The number of aliphatic carboxylic acids is 1. The summed E-state index contributed by atoms with van der Waals surface area (Å²) in [5.41, 5.74) is 0.671. The lowest BCUT2D eigenvalue weighted by Gasteiger charge is -2.36. The number of thioether (sulfide) groups is 1. The number of hydrogen-bond acceptors (Lipinski definition) is 3. The summed E-state index contributed by atoms with van der Waals surface area (Å²) in [6.45, 7) is 5.33. The van der Waals surface area contributed by atoms with E-state index in [9.17, 15) is 9.59 Å². The van der Waals surface area contributed by atoms with Gasteiger partial charge in [0.2, 0.25) is 5.91 Å². The van der Waals surface area contributed by atoms with Gasteiger partial charge in [0.05, 0.1) is 5.25 Å². The van der Waals surface area contributed by atoms with Gasteiger partial charge in [-0.15, -0.1) is 11.8 Å². The van der Waals surface area contributed by atoms with Gasteiger partial charge in [0.15, 0.2) is 0 Å². The Hall–Kier alpha value is -1.49. The highest BCUT2D eigenvalue weighted by Crippen LogP contribution is 2.38. The lowest BCUT2D eigenvalue weighted by atomic mass is 10.0. The molecular weight excluding hydrogens is 274 g/mol. The van der Waals surface area contributed by atoms with Gasteiger partial charge in [-0.25, -0.2) is 0 Å². The molecule has 1 amide bonds. The van der Waals surface area contributed by atoms with Crippen molar-refractivity contribution in [1.29, 1.82) is 0 Å². The molecule has 108 valence electrons. The largest absolute Gasteiger partial charge is 0.480 e. The Balaban J connectivity index is 2.16. The topological polar surface area (TPSA) is 57.6 Å². The Morgan fingerprint density at radius 3 is 2.55 bits per heavy atom. The molecule has 0 saturated heterocycles. The van der Waals surface area contributed by atoms with Crippen molar-refractivity contribution < 1.29 is 14.7 Å². The second-order valence-corrected chi connectivity index (χ2v) is 7.15. The van der Waals surface area contributed by atoms with Crippen LogP contribution >= 0.6 is 11.8 Å². The zero-order chi connectivity index (χ0) is 14.9. The number of carboxylic acid groups (broad SMARTS) is 1. The fourth-order valence-electron chi connectivity index (χ4n) is 2.27. The number of fused-ring (bicyclic) bond motifs is 1. The summed E-state index contributed by atoms with van der Waals surface area (Å²) in [5, 5.41) is 8.80. The van der Waals surface area contributed by atoms with Crippen LogP contribution in [-0.4, -0.2) is 39.2 Å². The van der Waals surface area contributed by atoms with Crippen LogP contribution in [0.2, 0.25) is 0 Å². The highest BCUT2D eigenvalue weighted by atomic mass is 32.2. The lowest BCUT2D eigenvalue weighted by molar-refractivity contribution is -0.147. The maximum atomic E-state index is 12.6. The van der Waals surface area contributed by atoms with Crippen molar-refractivity contribution in [3.63, 3.8) is 0 Å². The van der Waals surface area contributed by atoms with E-state index in [4.69, 9.17) is 5.11 Å². The lowest BCUT2D eigenvalue weighted by Crippen LogP contribution is -2.51. The Morgan fingerprint density at radius 2 is 2.00 bits per heavy atom. The van der Waals surface area contributed by atoms with Crippen LogP contribution in [0.4, 0.5) is 0 Å². The Morgan fingerprint density at radius 1 is 1.35 bits per heavy atom. The van der Waals surface area contributed by atoms with Crippen LogP contribution in [0.5, 0.6) is 0 Å². The number of carbonyl (C=O) groups excluding carboxylic acids is 1. The minimum atomic E-state index is -0.978. The third kappa shape index (κ3) is 3.15. The molecule has 4 nitrogen and oxygen atoms in total. The van der Waals surface area contributed by atoms with Crippen LogP contribution in [-0.2, 0) is 16.0 Å². The van der Waals surface area contributed by atoms with E-state index in [2.05, 4.69) is 0 Å². The van der Waals surface area contributed by atoms with E-state index in [1.165, 1.54) is 22.2 Å². The van der Waals surface area contributed by atoms with Gasteiger partial charge < -0.3 is 10.0 Å². The number of amides is 1. The number of benzene rings is 1. The average molecular weight is 293 g/mol. The first-order valence-electron chi connectivity index (χ1n) is 6.57. The molecule has 1 unspecified atom stereocenters. The summed E-state index contributed by atoms with van der Waals surface area (Å²) >= 11 is 1.53. The molecule has 1 heterocycles. The summed E-state index contributed by atoms with van der Waals surface area (Å²) in [6.07, 6.45) is 0.672. The quantitative estimate of drug-likeness (QED) is 0.930. The molecule has 0 aliphatic carbocycles. The molecule has 1 aromatic carbocycles. The van der Waals surface area contributed by atoms with Crippen LogP contribution < -0.4 is 0 Å². The Labute approximate surface area is 123 Å². The van der Waals surface area contributed by atoms with Crippen molar-refractivity contribution in [2.45, 2.75) is 42.9 Å². The molecule has 20 heavy (non-hydrogen) atoms. The van der Waals surface area contributed by atoms with Gasteiger partial charge in [-0.2, -0.15) is 0 Å². The minimum absolute atomic E-state index is 0.0962. The van der Waals surface area contributed by atoms with Crippen molar-refractivity contribution in [2.24, 2.45) is 0 Å². The molecule has 0 spiro atoms. The summed E-state index contributed by atoms with van der Waals surface area (Å²) in [6, 6.07) is 7.95. The van der Waals surface area contributed by atoms with Crippen LogP contribution in [0.15, 0.2) is 29.2 Å². The van der Waals surface area contributed by atoms with Crippen molar-refractivity contribution in [1.82, 2.24) is 4.90 Å². The maximum Gasteiger partial charge on any atom is 0.323 e. The summed E-state index contributed by atoms with van der Waals surface area (Å²) in [7, 11) is 0. The smallest absolute Gasteiger partial charge is 0.323 e. The third-order valence-corrected chi connectivity index (χ3v) is 4.60. The molecule has 0 radical (unpaired) electrons. The second-order valence-electron chi connectivity index (χ2n) is 5.91. The number of carboxylic acids is 1. The van der Waals surface area contributed by atoms with Crippen molar-refractivity contribution in [2.75, 3.05) is 6.54 Å². The van der Waals surface area contributed by atoms with Gasteiger partial charge in [-0.3, -0.25) is 9.59 Å². The van der Waals surface area contributed by atoms with Crippen molar-refractivity contribution in [3.05, 3.63) is 29.8 Å². The first-order valence-corrected chi connectivity index (χ1v) is 7.45. The molecule has 0 saturated carbocycles. The zero-order valence-corrected chi connectivity index (χ0v) is 12.7. The summed E-state index contributed by atoms with van der Waals surface area (Å²) < 4.78 is 0. The fraction of sp³-hybridized carbons (Fsp3) is 0.467. The number of carbonyl (C=O) groups is 2. The monoisotopic (exact) mass is 293 g/mol. The molecule has 1 atom stereocenters. The SMILES string of the molecule is CC(C)(C)N(CC(=O)O)C(=O)C1Cc2ccccc2S1. The minimum Gasteiger partial charge on any atom is -0.480 e. The molecule has 0 bridgehead atoms. The Bertz CT molecular complexity index is 511. The Kier molecular flexibility index (Phi) is 4.09. The molecule has 0 aromatic heterocycles. The first kappa shape index (κ1) is 14.9. The summed E-state index contributed by atoms with van der Waals surface area (Å²) in [5.74, 6) is -1.07. The van der Waals surface area contributed by atoms with E-state index in [1.54, 1.807) is 0 Å². The highest BCUT2D eigenvalue weighted by molar-refractivity contribution is 8.01.